The second kappa shape index (κ2) is 13.0. The van der Waals surface area contributed by atoms with Crippen molar-refractivity contribution >= 4 is 28.2 Å². The molecule has 1 saturated heterocycles. The predicted molar refractivity (Wildman–Crippen MR) is 161 cm³/mol. The Morgan fingerprint density at radius 3 is 2.42 bits per heavy atom. The van der Waals surface area contributed by atoms with Crippen molar-refractivity contribution in [2.45, 2.75) is 26.6 Å². The first-order valence-electron chi connectivity index (χ1n) is 14.2. The molecule has 1 aromatic heterocycles. The first kappa shape index (κ1) is 31.6. The summed E-state index contributed by atoms with van der Waals surface area (Å²) < 4.78 is 53.4. The summed E-state index contributed by atoms with van der Waals surface area (Å²) in [4.78, 5) is 36.5. The molecule has 1 aliphatic rings. The standard InChI is InChI=1S/C31H31F3N6O5/c1-4-38-9-11-39(12-10-38)17-21-7-8-22(14-24(21)31(32,33)34)37-29(41)20-6-5-19(2)27(13-20)45-30-23-15-28(44-3)26(40(42)43)16-25(23)35-18-36-30/h5-8,13-16,18H,4,9-12,17H2,1-3H3,(H,37,41). The Morgan fingerprint density at radius 2 is 1.76 bits per heavy atom. The van der Waals surface area contributed by atoms with E-state index < -0.39 is 22.6 Å². The summed E-state index contributed by atoms with van der Waals surface area (Å²) in [6, 6.07) is 11.1. The normalized spacial score (nSPS) is 14.4. The van der Waals surface area contributed by atoms with Gasteiger partial charge in [0.05, 0.1) is 28.5 Å². The molecular formula is C31H31F3N6O5. The third kappa shape index (κ3) is 7.13. The highest BCUT2D eigenvalue weighted by Gasteiger charge is 2.34. The summed E-state index contributed by atoms with van der Waals surface area (Å²) in [5.74, 6) is -0.341. The van der Waals surface area contributed by atoms with Crippen molar-refractivity contribution in [2.75, 3.05) is 45.2 Å². The van der Waals surface area contributed by atoms with Gasteiger partial charge < -0.3 is 19.7 Å². The van der Waals surface area contributed by atoms with Gasteiger partial charge in [0.15, 0.2) is 5.75 Å². The van der Waals surface area contributed by atoms with E-state index in [1.54, 1.807) is 13.0 Å². The number of nitrogens with one attached hydrogen (secondary N) is 1. The number of nitro groups is 1. The van der Waals surface area contributed by atoms with Crippen molar-refractivity contribution in [2.24, 2.45) is 0 Å². The number of alkyl halides is 3. The van der Waals surface area contributed by atoms with Gasteiger partial charge in [0.1, 0.15) is 12.1 Å². The minimum absolute atomic E-state index is 0.00500. The highest BCUT2D eigenvalue weighted by Crippen LogP contribution is 2.37. The second-order valence-electron chi connectivity index (χ2n) is 10.6. The number of ether oxygens (including phenoxy) is 2. The van der Waals surface area contributed by atoms with Crippen LogP contribution < -0.4 is 14.8 Å². The van der Waals surface area contributed by atoms with E-state index >= 15 is 0 Å². The van der Waals surface area contributed by atoms with Gasteiger partial charge in [-0.3, -0.25) is 19.8 Å². The molecule has 236 valence electrons. The fourth-order valence-electron chi connectivity index (χ4n) is 5.16. The average Bonchev–Trinajstić information content (AvgIpc) is 3.02. The van der Waals surface area contributed by atoms with Crippen LogP contribution in [0.5, 0.6) is 17.4 Å². The molecular weight excluding hydrogens is 593 g/mol. The molecule has 14 heteroatoms. The number of carbonyl (C=O) groups is 1. The van der Waals surface area contributed by atoms with Crippen LogP contribution in [0.2, 0.25) is 0 Å². The van der Waals surface area contributed by atoms with Crippen LogP contribution in [0.3, 0.4) is 0 Å². The zero-order valence-electron chi connectivity index (χ0n) is 24.8. The number of hydrogen-bond donors (Lipinski definition) is 1. The second-order valence-corrected chi connectivity index (χ2v) is 10.6. The molecule has 0 saturated carbocycles. The van der Waals surface area contributed by atoms with E-state index in [4.69, 9.17) is 9.47 Å². The molecule has 11 nitrogen and oxygen atoms in total. The number of amides is 1. The maximum absolute atomic E-state index is 14.1. The Morgan fingerprint density at radius 1 is 1.02 bits per heavy atom. The van der Waals surface area contributed by atoms with E-state index in [9.17, 15) is 28.1 Å². The molecule has 5 rings (SSSR count). The van der Waals surface area contributed by atoms with Crippen LogP contribution in [0.1, 0.15) is 34.0 Å². The predicted octanol–water partition coefficient (Wildman–Crippen LogP) is 6.06. The van der Waals surface area contributed by atoms with Gasteiger partial charge in [-0.05, 0) is 48.9 Å². The summed E-state index contributed by atoms with van der Waals surface area (Å²) in [6.07, 6.45) is -3.41. The van der Waals surface area contributed by atoms with Crippen LogP contribution in [0.15, 0.2) is 54.9 Å². The van der Waals surface area contributed by atoms with Crippen molar-refractivity contribution in [3.05, 3.63) is 87.2 Å². The number of nitro benzene ring substituents is 1. The van der Waals surface area contributed by atoms with E-state index in [2.05, 4.69) is 27.1 Å². The molecule has 0 atom stereocenters. The van der Waals surface area contributed by atoms with Gasteiger partial charge in [0.25, 0.3) is 5.91 Å². The van der Waals surface area contributed by atoms with Crippen LogP contribution in [0.4, 0.5) is 24.5 Å². The number of methoxy groups -OCH3 is 1. The highest BCUT2D eigenvalue weighted by molar-refractivity contribution is 6.04. The van der Waals surface area contributed by atoms with Crippen LogP contribution in [-0.2, 0) is 12.7 Å². The molecule has 0 bridgehead atoms. The summed E-state index contributed by atoms with van der Waals surface area (Å²) in [5, 5.41) is 14.3. The van der Waals surface area contributed by atoms with Crippen molar-refractivity contribution in [3.8, 4) is 17.4 Å². The minimum Gasteiger partial charge on any atom is -0.490 e. The van der Waals surface area contributed by atoms with Crippen LogP contribution in [0.25, 0.3) is 10.9 Å². The van der Waals surface area contributed by atoms with E-state index in [-0.39, 0.29) is 51.9 Å². The number of hydrogen-bond acceptors (Lipinski definition) is 9. The smallest absolute Gasteiger partial charge is 0.416 e. The van der Waals surface area contributed by atoms with Crippen molar-refractivity contribution in [3.63, 3.8) is 0 Å². The lowest BCUT2D eigenvalue weighted by Crippen LogP contribution is -2.45. The highest BCUT2D eigenvalue weighted by atomic mass is 19.4. The molecule has 45 heavy (non-hydrogen) atoms. The summed E-state index contributed by atoms with van der Waals surface area (Å²) >= 11 is 0. The number of rotatable bonds is 9. The molecule has 3 aromatic carbocycles. The van der Waals surface area contributed by atoms with Crippen LogP contribution in [-0.4, -0.2) is 70.4 Å². The van der Waals surface area contributed by atoms with E-state index in [0.717, 1.165) is 25.7 Å². The summed E-state index contributed by atoms with van der Waals surface area (Å²) in [7, 11) is 1.30. The van der Waals surface area contributed by atoms with Gasteiger partial charge in [-0.15, -0.1) is 0 Å². The zero-order chi connectivity index (χ0) is 32.3. The number of carbonyl (C=O) groups excluding carboxylic acids is 1. The maximum Gasteiger partial charge on any atom is 0.416 e. The van der Waals surface area contributed by atoms with Gasteiger partial charge in [-0.2, -0.15) is 13.2 Å². The Kier molecular flexibility index (Phi) is 9.16. The van der Waals surface area contributed by atoms with Gasteiger partial charge in [-0.1, -0.05) is 19.1 Å². The lowest BCUT2D eigenvalue weighted by Gasteiger charge is -2.34. The number of benzene rings is 3. The number of aromatic nitrogens is 2. The van der Waals surface area contributed by atoms with Gasteiger partial charge in [0, 0.05) is 56.1 Å². The quantitative estimate of drug-likeness (QED) is 0.175. The molecule has 0 spiro atoms. The van der Waals surface area contributed by atoms with Gasteiger partial charge in [-0.25, -0.2) is 9.97 Å². The van der Waals surface area contributed by atoms with Crippen molar-refractivity contribution in [1.82, 2.24) is 19.8 Å². The Bertz CT molecular complexity index is 1740. The Balaban J connectivity index is 1.37. The maximum atomic E-state index is 14.1. The molecule has 0 aliphatic carbocycles. The molecule has 1 amide bonds. The minimum atomic E-state index is -4.60. The Labute approximate surface area is 256 Å². The van der Waals surface area contributed by atoms with Crippen molar-refractivity contribution in [1.29, 1.82) is 0 Å². The zero-order valence-corrected chi connectivity index (χ0v) is 24.8. The number of piperazine rings is 1. The van der Waals surface area contributed by atoms with Crippen LogP contribution in [0, 0.1) is 17.0 Å². The van der Waals surface area contributed by atoms with E-state index in [1.165, 1.54) is 49.8 Å². The monoisotopic (exact) mass is 624 g/mol. The fraction of sp³-hybridized carbons (Fsp3) is 0.323. The number of likely N-dealkylation sites (N-methyl/N-ethyl adjacent to an activating group) is 1. The lowest BCUT2D eigenvalue weighted by atomic mass is 10.0. The SMILES string of the molecule is CCN1CCN(Cc2ccc(NC(=O)c3ccc(C)c(Oc4ncnc5cc([N+](=O)[O-])c(OC)cc45)c3)cc2C(F)(F)F)CC1. The number of halogens is 3. The number of aryl methyl sites for hydroxylation is 1. The summed E-state index contributed by atoms with van der Waals surface area (Å²) in [5.41, 5.74) is 0.0925. The molecule has 1 fully saturated rings. The largest absolute Gasteiger partial charge is 0.490 e. The number of nitrogens with zero attached hydrogens (tertiary/aromatic N) is 5. The van der Waals surface area contributed by atoms with Gasteiger partial charge >= 0.3 is 11.9 Å². The van der Waals surface area contributed by atoms with Gasteiger partial charge in [0.2, 0.25) is 5.88 Å². The topological polar surface area (TPSA) is 123 Å². The first-order valence-corrected chi connectivity index (χ1v) is 14.2. The number of anilines is 1. The summed E-state index contributed by atoms with van der Waals surface area (Å²) in [6.45, 7) is 7.84. The third-order valence-electron chi connectivity index (χ3n) is 7.73. The third-order valence-corrected chi connectivity index (χ3v) is 7.73. The Hall–Kier alpha value is -4.82. The number of fused-ring (bicyclic) bond motifs is 1. The average molecular weight is 625 g/mol. The molecule has 4 aromatic rings. The molecule has 0 radical (unpaired) electrons. The lowest BCUT2D eigenvalue weighted by molar-refractivity contribution is -0.385. The van der Waals surface area contributed by atoms with E-state index in [1.807, 2.05) is 4.90 Å². The fourth-order valence-corrected chi connectivity index (χ4v) is 5.16. The molecule has 0 unspecified atom stereocenters. The van der Waals surface area contributed by atoms with E-state index in [0.29, 0.717) is 24.0 Å². The molecule has 2 heterocycles. The van der Waals surface area contributed by atoms with Crippen molar-refractivity contribution < 1.29 is 32.4 Å². The first-order chi connectivity index (χ1) is 21.5. The van der Waals surface area contributed by atoms with Crippen LogP contribution >= 0.6 is 0 Å². The molecule has 1 N–H and O–H groups in total. The molecule has 1 aliphatic heterocycles.